The van der Waals surface area contributed by atoms with Crippen LogP contribution in [0.1, 0.15) is 29.0 Å². The Bertz CT molecular complexity index is 910. The lowest BCUT2D eigenvalue weighted by Gasteiger charge is -2.34. The van der Waals surface area contributed by atoms with Crippen molar-refractivity contribution in [3.05, 3.63) is 39.4 Å². The second-order valence-electron chi connectivity index (χ2n) is 7.60. The molecule has 9 heteroatoms. The molecular weight excluding hydrogens is 426 g/mol. The lowest BCUT2D eigenvalue weighted by Crippen LogP contribution is -2.48. The summed E-state index contributed by atoms with van der Waals surface area (Å²) in [6, 6.07) is 7.68. The molecule has 2 aliphatic heterocycles. The van der Waals surface area contributed by atoms with Gasteiger partial charge in [0.1, 0.15) is 4.21 Å². The maximum atomic E-state index is 12.8. The van der Waals surface area contributed by atoms with Crippen molar-refractivity contribution in [2.75, 3.05) is 39.3 Å². The van der Waals surface area contributed by atoms with Gasteiger partial charge in [-0.25, -0.2) is 8.42 Å². The van der Waals surface area contributed by atoms with Crippen LogP contribution in [0.2, 0.25) is 0 Å². The molecule has 2 aromatic rings. The first-order valence-corrected chi connectivity index (χ1v) is 13.3. The number of rotatable bonds is 6. The van der Waals surface area contributed by atoms with Crippen LogP contribution in [0.3, 0.4) is 0 Å². The molecule has 2 aliphatic rings. The molecule has 2 aromatic heterocycles. The molecule has 0 saturated carbocycles. The number of hydrogen-bond donors (Lipinski definition) is 0. The number of carbonyl (C=O) groups is 1. The highest BCUT2D eigenvalue weighted by molar-refractivity contribution is 7.91. The number of nitrogens with zero attached hydrogens (tertiary/aromatic N) is 3. The Morgan fingerprint density at radius 3 is 2.38 bits per heavy atom. The number of piperidine rings is 1. The van der Waals surface area contributed by atoms with Gasteiger partial charge in [-0.15, -0.1) is 22.7 Å². The van der Waals surface area contributed by atoms with Crippen molar-refractivity contribution in [1.82, 2.24) is 14.1 Å². The van der Waals surface area contributed by atoms with E-state index in [9.17, 15) is 13.2 Å². The van der Waals surface area contributed by atoms with Gasteiger partial charge in [0, 0.05) is 55.6 Å². The summed E-state index contributed by atoms with van der Waals surface area (Å²) in [7, 11) is -3.41. The molecule has 0 atom stereocenters. The minimum Gasteiger partial charge on any atom is -0.340 e. The van der Waals surface area contributed by atoms with Crippen LogP contribution < -0.4 is 0 Å². The number of thiophene rings is 2. The Hall–Kier alpha value is -1.26. The average Bonchev–Trinajstić information content (AvgIpc) is 3.42. The van der Waals surface area contributed by atoms with E-state index >= 15 is 0 Å². The van der Waals surface area contributed by atoms with Gasteiger partial charge >= 0.3 is 0 Å². The molecule has 29 heavy (non-hydrogen) atoms. The smallest absolute Gasteiger partial charge is 0.252 e. The van der Waals surface area contributed by atoms with Gasteiger partial charge in [0.25, 0.3) is 10.0 Å². The number of carbonyl (C=O) groups excluding carboxylic acids is 1. The molecule has 0 bridgehead atoms. The number of amides is 1. The quantitative estimate of drug-likeness (QED) is 0.675. The van der Waals surface area contributed by atoms with Gasteiger partial charge in [-0.2, -0.15) is 4.31 Å². The van der Waals surface area contributed by atoms with Crippen LogP contribution in [0, 0.1) is 0 Å². The van der Waals surface area contributed by atoms with Gasteiger partial charge in [0.15, 0.2) is 0 Å². The second-order valence-corrected chi connectivity index (χ2v) is 12.0. The van der Waals surface area contributed by atoms with Crippen molar-refractivity contribution in [2.45, 2.75) is 36.4 Å². The summed E-state index contributed by atoms with van der Waals surface area (Å²) < 4.78 is 27.5. The third-order valence-corrected chi connectivity index (χ3v) is 9.87. The van der Waals surface area contributed by atoms with E-state index < -0.39 is 10.0 Å². The molecule has 0 radical (unpaired) electrons. The van der Waals surface area contributed by atoms with Gasteiger partial charge in [0.2, 0.25) is 5.91 Å². The number of hydrogen-bond acceptors (Lipinski definition) is 6. The lowest BCUT2D eigenvalue weighted by atomic mass is 10.2. The molecule has 0 aromatic carbocycles. The van der Waals surface area contributed by atoms with Crippen molar-refractivity contribution in [3.8, 4) is 0 Å². The third kappa shape index (κ3) is 5.08. The van der Waals surface area contributed by atoms with Crippen molar-refractivity contribution in [3.63, 3.8) is 0 Å². The molecule has 4 rings (SSSR count). The minimum absolute atomic E-state index is 0.0875. The fraction of sp³-hybridized carbons (Fsp3) is 0.550. The monoisotopic (exact) mass is 453 g/mol. The highest BCUT2D eigenvalue weighted by atomic mass is 32.2. The summed E-state index contributed by atoms with van der Waals surface area (Å²) >= 11 is 3.01. The van der Waals surface area contributed by atoms with Gasteiger partial charge in [-0.1, -0.05) is 12.5 Å². The molecule has 0 spiro atoms. The van der Waals surface area contributed by atoms with Crippen LogP contribution in [0.4, 0.5) is 0 Å². The molecule has 0 unspecified atom stereocenters. The van der Waals surface area contributed by atoms with E-state index in [-0.39, 0.29) is 12.3 Å². The van der Waals surface area contributed by atoms with Crippen LogP contribution in [-0.2, 0) is 27.8 Å². The number of sulfonamides is 1. The van der Waals surface area contributed by atoms with Crippen LogP contribution in [0.25, 0.3) is 0 Å². The molecule has 158 valence electrons. The first-order chi connectivity index (χ1) is 14.0. The van der Waals surface area contributed by atoms with Crippen LogP contribution >= 0.6 is 22.7 Å². The average molecular weight is 454 g/mol. The zero-order chi connectivity index (χ0) is 20.3. The summed E-state index contributed by atoms with van der Waals surface area (Å²) in [6.07, 6.45) is 3.23. The van der Waals surface area contributed by atoms with E-state index in [4.69, 9.17) is 0 Å². The predicted octanol–water partition coefficient (Wildman–Crippen LogP) is 2.87. The maximum Gasteiger partial charge on any atom is 0.252 e. The standard InChI is InChI=1S/C20H27N3O3S3/c24-19(22-12-10-21(11-13-22)16-18-5-4-14-27-18)15-17-6-7-20(28-17)29(25,26)23-8-2-1-3-9-23/h4-7,14H,1-3,8-13,15-16H2. The van der Waals surface area contributed by atoms with Gasteiger partial charge < -0.3 is 4.90 Å². The Labute approximate surface area is 180 Å². The first-order valence-electron chi connectivity index (χ1n) is 10.1. The maximum absolute atomic E-state index is 12.8. The minimum atomic E-state index is -3.41. The lowest BCUT2D eigenvalue weighted by molar-refractivity contribution is -0.132. The van der Waals surface area contributed by atoms with E-state index in [1.165, 1.54) is 16.2 Å². The molecular formula is C20H27N3O3S3. The van der Waals surface area contributed by atoms with Gasteiger partial charge in [-0.05, 0) is 36.4 Å². The van der Waals surface area contributed by atoms with Crippen molar-refractivity contribution in [1.29, 1.82) is 0 Å². The molecule has 2 saturated heterocycles. The largest absolute Gasteiger partial charge is 0.340 e. The van der Waals surface area contributed by atoms with E-state index in [0.29, 0.717) is 17.3 Å². The Kier molecular flexibility index (Phi) is 6.70. The summed E-state index contributed by atoms with van der Waals surface area (Å²) in [5, 5.41) is 2.09. The van der Waals surface area contributed by atoms with E-state index in [0.717, 1.165) is 56.9 Å². The van der Waals surface area contributed by atoms with Crippen molar-refractivity contribution in [2.24, 2.45) is 0 Å². The molecule has 2 fully saturated rings. The van der Waals surface area contributed by atoms with Gasteiger partial charge in [0.05, 0.1) is 6.42 Å². The Morgan fingerprint density at radius 2 is 1.69 bits per heavy atom. The molecule has 1 amide bonds. The highest BCUT2D eigenvalue weighted by Gasteiger charge is 2.28. The fourth-order valence-electron chi connectivity index (χ4n) is 3.86. The highest BCUT2D eigenvalue weighted by Crippen LogP contribution is 2.27. The Morgan fingerprint density at radius 1 is 0.931 bits per heavy atom. The summed E-state index contributed by atoms with van der Waals surface area (Å²) in [5.74, 6) is 0.0875. The van der Waals surface area contributed by atoms with Crippen LogP contribution in [0.15, 0.2) is 33.9 Å². The van der Waals surface area contributed by atoms with Crippen LogP contribution in [0.5, 0.6) is 0 Å². The Balaban J connectivity index is 1.30. The van der Waals surface area contributed by atoms with Gasteiger partial charge in [-0.3, -0.25) is 9.69 Å². The van der Waals surface area contributed by atoms with Crippen molar-refractivity contribution < 1.29 is 13.2 Å². The third-order valence-electron chi connectivity index (χ3n) is 5.56. The molecule has 4 heterocycles. The normalized spacial score (nSPS) is 19.5. The predicted molar refractivity (Wildman–Crippen MR) is 117 cm³/mol. The first kappa shape index (κ1) is 21.0. The summed E-state index contributed by atoms with van der Waals surface area (Å²) in [4.78, 5) is 19.2. The zero-order valence-corrected chi connectivity index (χ0v) is 18.9. The molecule has 0 N–H and O–H groups in total. The molecule has 6 nitrogen and oxygen atoms in total. The van der Waals surface area contributed by atoms with E-state index in [1.807, 2.05) is 4.90 Å². The number of piperazine rings is 1. The van der Waals surface area contributed by atoms with E-state index in [2.05, 4.69) is 22.4 Å². The molecule has 0 aliphatic carbocycles. The zero-order valence-electron chi connectivity index (χ0n) is 16.5. The fourth-order valence-corrected chi connectivity index (χ4v) is 7.63. The second kappa shape index (κ2) is 9.26. The van der Waals surface area contributed by atoms with Crippen molar-refractivity contribution >= 4 is 38.6 Å². The SMILES string of the molecule is O=C(Cc1ccc(S(=O)(=O)N2CCCCC2)s1)N1CCN(Cc2cccs2)CC1. The summed E-state index contributed by atoms with van der Waals surface area (Å²) in [5.41, 5.74) is 0. The summed E-state index contributed by atoms with van der Waals surface area (Å²) in [6.45, 7) is 5.37. The topological polar surface area (TPSA) is 60.9 Å². The van der Waals surface area contributed by atoms with E-state index in [1.54, 1.807) is 27.8 Å². The van der Waals surface area contributed by atoms with Crippen LogP contribution in [-0.4, -0.2) is 67.7 Å².